The van der Waals surface area contributed by atoms with Gasteiger partial charge in [-0.3, -0.25) is 4.68 Å². The van der Waals surface area contributed by atoms with E-state index in [0.717, 1.165) is 11.5 Å². The van der Waals surface area contributed by atoms with Crippen LogP contribution in [0.4, 0.5) is 5.82 Å². The van der Waals surface area contributed by atoms with Crippen molar-refractivity contribution in [1.29, 1.82) is 0 Å². The van der Waals surface area contributed by atoms with Gasteiger partial charge in [0.05, 0.1) is 0 Å². The summed E-state index contributed by atoms with van der Waals surface area (Å²) >= 11 is 0. The number of hydrogen-bond acceptors (Lipinski definition) is 3. The van der Waals surface area contributed by atoms with Crippen LogP contribution in [0.15, 0.2) is 6.07 Å². The molecule has 0 saturated carbocycles. The molecule has 1 atom stereocenters. The molecule has 1 aromatic rings. The first-order valence-electron chi connectivity index (χ1n) is 4.10. The van der Waals surface area contributed by atoms with E-state index in [1.807, 2.05) is 31.6 Å². The maximum atomic E-state index is 5.47. The molecule has 4 nitrogen and oxygen atoms in total. The van der Waals surface area contributed by atoms with Gasteiger partial charge in [0.15, 0.2) is 0 Å². The van der Waals surface area contributed by atoms with Crippen molar-refractivity contribution in [3.8, 4) is 0 Å². The minimum atomic E-state index is 0.277. The van der Waals surface area contributed by atoms with Crippen LogP contribution in [0.5, 0.6) is 0 Å². The second-order valence-corrected chi connectivity index (χ2v) is 3.08. The van der Waals surface area contributed by atoms with Gasteiger partial charge in [-0.05, 0) is 13.8 Å². The average molecular weight is 168 g/mol. The first kappa shape index (κ1) is 9.06. The molecule has 0 spiro atoms. The molecule has 0 radical (unpaired) electrons. The van der Waals surface area contributed by atoms with Crippen LogP contribution in [-0.2, 0) is 7.05 Å². The molecule has 1 unspecified atom stereocenters. The van der Waals surface area contributed by atoms with E-state index in [9.17, 15) is 0 Å². The number of nitrogens with two attached hydrogens (primary N) is 1. The van der Waals surface area contributed by atoms with Gasteiger partial charge in [0.1, 0.15) is 5.82 Å². The van der Waals surface area contributed by atoms with Crippen molar-refractivity contribution < 1.29 is 0 Å². The summed E-state index contributed by atoms with van der Waals surface area (Å²) in [6, 6.07) is 2.28. The van der Waals surface area contributed by atoms with E-state index >= 15 is 0 Å². The minimum Gasteiger partial charge on any atom is -0.365 e. The molecule has 0 aliphatic rings. The highest BCUT2D eigenvalue weighted by Gasteiger charge is 2.03. The largest absolute Gasteiger partial charge is 0.365 e. The number of aromatic nitrogens is 2. The Balaban J connectivity index is 2.64. The predicted octanol–water partition coefficient (Wildman–Crippen LogP) is 0.488. The summed E-state index contributed by atoms with van der Waals surface area (Å²) in [5, 5.41) is 7.44. The molecule has 0 aliphatic heterocycles. The Hall–Kier alpha value is -1.03. The first-order valence-corrected chi connectivity index (χ1v) is 4.10. The fourth-order valence-electron chi connectivity index (χ4n) is 0.943. The molecule has 0 aromatic carbocycles. The van der Waals surface area contributed by atoms with Crippen molar-refractivity contribution >= 4 is 5.82 Å². The maximum absolute atomic E-state index is 5.47. The lowest BCUT2D eigenvalue weighted by Gasteiger charge is -2.08. The van der Waals surface area contributed by atoms with Crippen molar-refractivity contribution in [3.05, 3.63) is 11.8 Å². The average Bonchev–Trinajstić information content (AvgIpc) is 2.31. The van der Waals surface area contributed by atoms with E-state index in [1.165, 1.54) is 0 Å². The highest BCUT2D eigenvalue weighted by atomic mass is 15.3. The second kappa shape index (κ2) is 3.58. The smallest absolute Gasteiger partial charge is 0.148 e. The molecule has 0 saturated heterocycles. The van der Waals surface area contributed by atoms with E-state index in [4.69, 9.17) is 5.73 Å². The van der Waals surface area contributed by atoms with Crippen molar-refractivity contribution in [3.63, 3.8) is 0 Å². The number of hydrogen-bond donors (Lipinski definition) is 2. The summed E-state index contributed by atoms with van der Waals surface area (Å²) in [4.78, 5) is 0. The van der Waals surface area contributed by atoms with Gasteiger partial charge < -0.3 is 11.1 Å². The Labute approximate surface area is 72.8 Å². The van der Waals surface area contributed by atoms with Crippen LogP contribution in [0.3, 0.4) is 0 Å². The van der Waals surface area contributed by atoms with E-state index in [-0.39, 0.29) is 6.04 Å². The minimum absolute atomic E-state index is 0.277. The lowest BCUT2D eigenvalue weighted by Crippen LogP contribution is -2.25. The Morgan fingerprint density at radius 2 is 2.42 bits per heavy atom. The molecule has 1 heterocycles. The van der Waals surface area contributed by atoms with Gasteiger partial charge in [-0.2, -0.15) is 5.10 Å². The SMILES string of the molecule is Cc1cc(NC(C)CN)nn1C. The van der Waals surface area contributed by atoms with Crippen molar-refractivity contribution in [2.75, 3.05) is 11.9 Å². The van der Waals surface area contributed by atoms with E-state index < -0.39 is 0 Å². The van der Waals surface area contributed by atoms with Crippen LogP contribution >= 0.6 is 0 Å². The molecule has 3 N–H and O–H groups in total. The predicted molar refractivity (Wildman–Crippen MR) is 50.1 cm³/mol. The van der Waals surface area contributed by atoms with Gasteiger partial charge in [0.25, 0.3) is 0 Å². The van der Waals surface area contributed by atoms with Crippen LogP contribution in [0.1, 0.15) is 12.6 Å². The molecule has 1 aromatic heterocycles. The van der Waals surface area contributed by atoms with Gasteiger partial charge >= 0.3 is 0 Å². The first-order chi connectivity index (χ1) is 5.63. The molecule has 1 rings (SSSR count). The van der Waals surface area contributed by atoms with E-state index in [2.05, 4.69) is 10.4 Å². The summed E-state index contributed by atoms with van der Waals surface area (Å²) in [5.74, 6) is 0.896. The van der Waals surface area contributed by atoms with Crippen LogP contribution in [0, 0.1) is 6.92 Å². The van der Waals surface area contributed by atoms with Crippen molar-refractivity contribution in [2.45, 2.75) is 19.9 Å². The molecule has 4 heteroatoms. The quantitative estimate of drug-likeness (QED) is 0.690. The van der Waals surface area contributed by atoms with Gasteiger partial charge in [0, 0.05) is 31.4 Å². The van der Waals surface area contributed by atoms with Gasteiger partial charge in [-0.25, -0.2) is 0 Å². The molecule has 0 aliphatic carbocycles. The van der Waals surface area contributed by atoms with E-state index in [0.29, 0.717) is 6.54 Å². The zero-order chi connectivity index (χ0) is 9.14. The number of nitrogens with zero attached hydrogens (tertiary/aromatic N) is 2. The van der Waals surface area contributed by atoms with Gasteiger partial charge in [-0.15, -0.1) is 0 Å². The Bertz CT molecular complexity index is 234. The lowest BCUT2D eigenvalue weighted by molar-refractivity contribution is 0.730. The van der Waals surface area contributed by atoms with Crippen LogP contribution in [0.25, 0.3) is 0 Å². The van der Waals surface area contributed by atoms with Crippen LogP contribution in [0.2, 0.25) is 0 Å². The maximum Gasteiger partial charge on any atom is 0.148 e. The third-order valence-electron chi connectivity index (χ3n) is 1.86. The molecule has 68 valence electrons. The van der Waals surface area contributed by atoms with Gasteiger partial charge in [0.2, 0.25) is 0 Å². The Morgan fingerprint density at radius 1 is 1.75 bits per heavy atom. The molecule has 12 heavy (non-hydrogen) atoms. The van der Waals surface area contributed by atoms with Crippen LogP contribution < -0.4 is 11.1 Å². The van der Waals surface area contributed by atoms with Gasteiger partial charge in [-0.1, -0.05) is 0 Å². The lowest BCUT2D eigenvalue weighted by atomic mass is 10.3. The summed E-state index contributed by atoms with van der Waals surface area (Å²) < 4.78 is 1.84. The van der Waals surface area contributed by atoms with Crippen molar-refractivity contribution in [1.82, 2.24) is 9.78 Å². The Morgan fingerprint density at radius 3 is 2.83 bits per heavy atom. The third kappa shape index (κ3) is 1.98. The standard InChI is InChI=1S/C8H16N4/c1-6(5-9)10-8-4-7(2)12(3)11-8/h4,6H,5,9H2,1-3H3,(H,10,11). The zero-order valence-electron chi connectivity index (χ0n) is 7.83. The fraction of sp³-hybridized carbons (Fsp3) is 0.625. The van der Waals surface area contributed by atoms with Crippen LogP contribution in [-0.4, -0.2) is 22.4 Å². The number of aryl methyl sites for hydroxylation is 2. The normalized spacial score (nSPS) is 13.0. The summed E-state index contributed by atoms with van der Waals surface area (Å²) in [5.41, 5.74) is 6.61. The second-order valence-electron chi connectivity index (χ2n) is 3.08. The molecule has 0 amide bonds. The summed E-state index contributed by atoms with van der Waals surface area (Å²) in [6.07, 6.45) is 0. The molecular formula is C8H16N4. The zero-order valence-corrected chi connectivity index (χ0v) is 7.83. The summed E-state index contributed by atoms with van der Waals surface area (Å²) in [6.45, 7) is 4.67. The summed E-state index contributed by atoms with van der Waals surface area (Å²) in [7, 11) is 1.92. The van der Waals surface area contributed by atoms with Crippen molar-refractivity contribution in [2.24, 2.45) is 12.8 Å². The number of anilines is 1. The molecule has 0 fully saturated rings. The highest BCUT2D eigenvalue weighted by molar-refractivity contribution is 5.36. The topological polar surface area (TPSA) is 55.9 Å². The number of nitrogens with one attached hydrogen (secondary N) is 1. The number of rotatable bonds is 3. The van der Waals surface area contributed by atoms with E-state index in [1.54, 1.807) is 0 Å². The highest BCUT2D eigenvalue weighted by Crippen LogP contribution is 2.07. The monoisotopic (exact) mass is 168 g/mol. The fourth-order valence-corrected chi connectivity index (χ4v) is 0.943. The Kier molecular flexibility index (Phi) is 2.70. The third-order valence-corrected chi connectivity index (χ3v) is 1.86. The molecule has 0 bridgehead atoms. The molecular weight excluding hydrogens is 152 g/mol.